The zero-order chi connectivity index (χ0) is 9.68. The van der Waals surface area contributed by atoms with Gasteiger partial charge in [0.05, 0.1) is 6.54 Å². The van der Waals surface area contributed by atoms with E-state index in [1.165, 1.54) is 0 Å². The van der Waals surface area contributed by atoms with Gasteiger partial charge in [-0.2, -0.15) is 0 Å². The Kier molecular flexibility index (Phi) is 3.73. The molecule has 0 saturated heterocycles. The van der Waals surface area contributed by atoms with Gasteiger partial charge in [-0.05, 0) is 17.7 Å². The van der Waals surface area contributed by atoms with Crippen molar-refractivity contribution in [3.05, 3.63) is 34.9 Å². The monoisotopic (exact) mass is 198 g/mol. The molecule has 0 aliphatic heterocycles. The zero-order valence-electron chi connectivity index (χ0n) is 7.09. The number of carbonyl (C=O) groups is 1. The summed E-state index contributed by atoms with van der Waals surface area (Å²) in [4.78, 5) is 10.4. The van der Waals surface area contributed by atoms with E-state index in [1.54, 1.807) is 6.07 Å². The van der Waals surface area contributed by atoms with Crippen LogP contribution in [0.3, 0.4) is 0 Å². The van der Waals surface area contributed by atoms with Crippen molar-refractivity contribution in [1.29, 1.82) is 0 Å². The molecule has 0 fully saturated rings. The highest BCUT2D eigenvalue weighted by Crippen LogP contribution is 2.09. The van der Waals surface area contributed by atoms with Crippen molar-refractivity contribution in [3.8, 4) is 0 Å². The molecule has 1 aromatic rings. The van der Waals surface area contributed by atoms with E-state index in [9.17, 15) is 4.79 Å². The molecule has 0 radical (unpaired) electrons. The van der Waals surface area contributed by atoms with Crippen LogP contribution in [0.25, 0.3) is 0 Å². The highest BCUT2D eigenvalue weighted by atomic mass is 35.5. The standard InChI is InChI=1S/C9H11ClN2O/c10-8-3-1-2-7(4-8)5-12-6-9(11)13/h1-4,12H,5-6H2,(H2,11,13). The molecule has 1 rings (SSSR count). The maximum Gasteiger partial charge on any atom is 0.231 e. The Bertz CT molecular complexity index is 301. The van der Waals surface area contributed by atoms with E-state index in [1.807, 2.05) is 18.2 Å². The molecule has 3 nitrogen and oxygen atoms in total. The third kappa shape index (κ3) is 3.92. The Morgan fingerprint density at radius 3 is 2.92 bits per heavy atom. The molecule has 1 aromatic carbocycles. The molecule has 1 amide bonds. The average molecular weight is 199 g/mol. The maximum absolute atomic E-state index is 10.4. The van der Waals surface area contributed by atoms with E-state index >= 15 is 0 Å². The summed E-state index contributed by atoms with van der Waals surface area (Å²) in [6, 6.07) is 7.44. The number of nitrogens with two attached hydrogens (primary N) is 1. The molecule has 4 heteroatoms. The Labute approximate surface area is 81.9 Å². The molecule has 70 valence electrons. The van der Waals surface area contributed by atoms with Crippen LogP contribution in [0, 0.1) is 0 Å². The lowest BCUT2D eigenvalue weighted by Gasteiger charge is -2.02. The first-order valence-electron chi connectivity index (χ1n) is 3.92. The highest BCUT2D eigenvalue weighted by Gasteiger charge is 1.95. The quantitative estimate of drug-likeness (QED) is 0.756. The number of halogens is 1. The van der Waals surface area contributed by atoms with Crippen molar-refractivity contribution in [3.63, 3.8) is 0 Å². The summed E-state index contributed by atoms with van der Waals surface area (Å²) in [5, 5.41) is 3.59. The predicted octanol–water partition coefficient (Wildman–Crippen LogP) is 0.915. The lowest BCUT2D eigenvalue weighted by atomic mass is 10.2. The summed E-state index contributed by atoms with van der Waals surface area (Å²) in [6.07, 6.45) is 0. The van der Waals surface area contributed by atoms with Crippen molar-refractivity contribution in [2.75, 3.05) is 6.54 Å². The molecule has 0 spiro atoms. The molecule has 3 N–H and O–H groups in total. The Morgan fingerprint density at radius 1 is 1.54 bits per heavy atom. The van der Waals surface area contributed by atoms with Crippen molar-refractivity contribution in [2.24, 2.45) is 5.73 Å². The van der Waals surface area contributed by atoms with Crippen molar-refractivity contribution >= 4 is 17.5 Å². The Balaban J connectivity index is 2.41. The minimum absolute atomic E-state index is 0.187. The van der Waals surface area contributed by atoms with Crippen LogP contribution in [0.1, 0.15) is 5.56 Å². The van der Waals surface area contributed by atoms with Crippen LogP contribution in [0.2, 0.25) is 5.02 Å². The number of hydrogen-bond donors (Lipinski definition) is 2. The zero-order valence-corrected chi connectivity index (χ0v) is 7.84. The van der Waals surface area contributed by atoms with E-state index in [4.69, 9.17) is 17.3 Å². The van der Waals surface area contributed by atoms with Crippen LogP contribution in [0.5, 0.6) is 0 Å². The molecule has 0 unspecified atom stereocenters. The third-order valence-corrected chi connectivity index (χ3v) is 1.75. The fourth-order valence-electron chi connectivity index (χ4n) is 0.977. The number of carbonyl (C=O) groups excluding carboxylic acids is 1. The summed E-state index contributed by atoms with van der Waals surface area (Å²) in [5.41, 5.74) is 5.99. The first-order chi connectivity index (χ1) is 6.18. The average Bonchev–Trinajstić information content (AvgIpc) is 2.03. The smallest absolute Gasteiger partial charge is 0.231 e. The summed E-state index contributed by atoms with van der Waals surface area (Å²) >= 11 is 5.77. The predicted molar refractivity (Wildman–Crippen MR) is 52.4 cm³/mol. The van der Waals surface area contributed by atoms with E-state index in [-0.39, 0.29) is 12.5 Å². The van der Waals surface area contributed by atoms with Gasteiger partial charge in [-0.3, -0.25) is 4.79 Å². The Hall–Kier alpha value is -1.06. The second-order valence-electron chi connectivity index (χ2n) is 2.70. The van der Waals surface area contributed by atoms with Crippen LogP contribution in [0.15, 0.2) is 24.3 Å². The van der Waals surface area contributed by atoms with Gasteiger partial charge in [-0.1, -0.05) is 23.7 Å². The van der Waals surface area contributed by atoms with Gasteiger partial charge < -0.3 is 11.1 Å². The largest absolute Gasteiger partial charge is 0.369 e. The minimum atomic E-state index is -0.359. The number of benzene rings is 1. The maximum atomic E-state index is 10.4. The van der Waals surface area contributed by atoms with Crippen molar-refractivity contribution in [1.82, 2.24) is 5.32 Å². The van der Waals surface area contributed by atoms with Gasteiger partial charge in [0, 0.05) is 11.6 Å². The third-order valence-electron chi connectivity index (χ3n) is 1.52. The van der Waals surface area contributed by atoms with E-state index in [0.29, 0.717) is 11.6 Å². The van der Waals surface area contributed by atoms with Gasteiger partial charge >= 0.3 is 0 Å². The Morgan fingerprint density at radius 2 is 2.31 bits per heavy atom. The SMILES string of the molecule is NC(=O)CNCc1cccc(Cl)c1. The van der Waals surface area contributed by atoms with Gasteiger partial charge in [0.15, 0.2) is 0 Å². The fraction of sp³-hybridized carbons (Fsp3) is 0.222. The summed E-state index contributed by atoms with van der Waals surface area (Å²) in [6.45, 7) is 0.788. The number of rotatable bonds is 4. The van der Waals surface area contributed by atoms with Gasteiger partial charge in [0.1, 0.15) is 0 Å². The van der Waals surface area contributed by atoms with Gasteiger partial charge in [0.2, 0.25) is 5.91 Å². The molecule has 0 aliphatic rings. The highest BCUT2D eigenvalue weighted by molar-refractivity contribution is 6.30. The molecule has 0 aromatic heterocycles. The number of hydrogen-bond acceptors (Lipinski definition) is 2. The first-order valence-corrected chi connectivity index (χ1v) is 4.30. The van der Waals surface area contributed by atoms with Gasteiger partial charge in [-0.15, -0.1) is 0 Å². The molecule has 13 heavy (non-hydrogen) atoms. The van der Waals surface area contributed by atoms with Gasteiger partial charge in [0.25, 0.3) is 0 Å². The lowest BCUT2D eigenvalue weighted by Crippen LogP contribution is -2.28. The van der Waals surface area contributed by atoms with Crippen LogP contribution in [0.4, 0.5) is 0 Å². The number of primary amides is 1. The fourth-order valence-corrected chi connectivity index (χ4v) is 1.19. The lowest BCUT2D eigenvalue weighted by molar-refractivity contribution is -0.117. The van der Waals surface area contributed by atoms with Crippen LogP contribution in [-0.2, 0) is 11.3 Å². The first kappa shape index (κ1) is 10.0. The molecule has 0 bridgehead atoms. The van der Waals surface area contributed by atoms with Crippen LogP contribution < -0.4 is 11.1 Å². The van der Waals surface area contributed by atoms with E-state index < -0.39 is 0 Å². The van der Waals surface area contributed by atoms with E-state index in [2.05, 4.69) is 5.32 Å². The molecule has 0 atom stereocenters. The second kappa shape index (κ2) is 4.84. The normalized spacial score (nSPS) is 9.92. The van der Waals surface area contributed by atoms with Crippen molar-refractivity contribution < 1.29 is 4.79 Å². The summed E-state index contributed by atoms with van der Waals surface area (Å²) in [7, 11) is 0. The molecular formula is C9H11ClN2O. The number of amides is 1. The van der Waals surface area contributed by atoms with Crippen LogP contribution >= 0.6 is 11.6 Å². The van der Waals surface area contributed by atoms with Gasteiger partial charge in [-0.25, -0.2) is 0 Å². The summed E-state index contributed by atoms with van der Waals surface area (Å²) in [5.74, 6) is -0.359. The number of nitrogens with one attached hydrogen (secondary N) is 1. The topological polar surface area (TPSA) is 55.1 Å². The van der Waals surface area contributed by atoms with Crippen molar-refractivity contribution in [2.45, 2.75) is 6.54 Å². The molecule has 0 aliphatic carbocycles. The molecule has 0 heterocycles. The minimum Gasteiger partial charge on any atom is -0.369 e. The second-order valence-corrected chi connectivity index (χ2v) is 3.14. The van der Waals surface area contributed by atoms with Crippen LogP contribution in [-0.4, -0.2) is 12.5 Å². The summed E-state index contributed by atoms with van der Waals surface area (Å²) < 4.78 is 0. The molecule has 0 saturated carbocycles. The van der Waals surface area contributed by atoms with E-state index in [0.717, 1.165) is 5.56 Å². The molecular weight excluding hydrogens is 188 g/mol.